The third-order valence-electron chi connectivity index (χ3n) is 6.16. The molecule has 1 aromatic rings. The monoisotopic (exact) mass is 286 g/mol. The van der Waals surface area contributed by atoms with Crippen molar-refractivity contribution in [1.29, 1.82) is 0 Å². The zero-order chi connectivity index (χ0) is 14.6. The van der Waals surface area contributed by atoms with E-state index in [2.05, 4.69) is 13.0 Å². The summed E-state index contributed by atoms with van der Waals surface area (Å²) in [5.41, 5.74) is 2.51. The van der Waals surface area contributed by atoms with Crippen LogP contribution in [0, 0.1) is 11.8 Å². The van der Waals surface area contributed by atoms with Crippen LogP contribution in [0.15, 0.2) is 18.2 Å². The van der Waals surface area contributed by atoms with Crippen molar-refractivity contribution in [3.63, 3.8) is 0 Å². The third kappa shape index (κ3) is 1.82. The standard InChI is InChI=1S/C18H22O3/c1-2-18-8-7-14-13-6-4-12(19)9-11(13)3-5-15(14)16(18)10-17(20)21-18/h4,6,9,14-16,19H,2-3,5,7-8,10H2,1H3/t14-,15-,16+,18+/m1/s1. The van der Waals surface area contributed by atoms with Crippen LogP contribution in [0.25, 0.3) is 0 Å². The lowest BCUT2D eigenvalue weighted by atomic mass is 9.58. The second-order valence-electron chi connectivity index (χ2n) is 6.93. The molecule has 0 unspecified atom stereocenters. The van der Waals surface area contributed by atoms with Crippen LogP contribution in [-0.2, 0) is 16.0 Å². The first-order chi connectivity index (χ1) is 10.1. The van der Waals surface area contributed by atoms with E-state index in [1.54, 1.807) is 6.07 Å². The maximum absolute atomic E-state index is 11.9. The number of esters is 1. The number of ether oxygens (including phenoxy) is 1. The van der Waals surface area contributed by atoms with Crippen molar-refractivity contribution in [2.45, 2.75) is 57.0 Å². The summed E-state index contributed by atoms with van der Waals surface area (Å²) in [7, 11) is 0. The molecule has 4 atom stereocenters. The van der Waals surface area contributed by atoms with Crippen LogP contribution < -0.4 is 0 Å². The smallest absolute Gasteiger partial charge is 0.306 e. The Bertz CT molecular complexity index is 594. The number of rotatable bonds is 1. The minimum absolute atomic E-state index is 0.000923. The molecule has 3 aliphatic rings. The molecule has 4 rings (SSSR count). The van der Waals surface area contributed by atoms with Gasteiger partial charge in [-0.1, -0.05) is 13.0 Å². The molecule has 21 heavy (non-hydrogen) atoms. The zero-order valence-corrected chi connectivity index (χ0v) is 12.5. The SMILES string of the molecule is CC[C@]12CC[C@@H]3c4ccc(O)cc4CC[C@H]3[C@@H]1CC(=O)O2. The quantitative estimate of drug-likeness (QED) is 0.803. The summed E-state index contributed by atoms with van der Waals surface area (Å²) in [6.07, 6.45) is 5.75. The Morgan fingerprint density at radius 3 is 3.05 bits per heavy atom. The summed E-state index contributed by atoms with van der Waals surface area (Å²) in [6.45, 7) is 2.15. The zero-order valence-electron chi connectivity index (χ0n) is 12.5. The van der Waals surface area contributed by atoms with Crippen molar-refractivity contribution < 1.29 is 14.6 Å². The average Bonchev–Trinajstić information content (AvgIpc) is 2.83. The van der Waals surface area contributed by atoms with Crippen LogP contribution in [0.4, 0.5) is 0 Å². The van der Waals surface area contributed by atoms with Gasteiger partial charge in [-0.05, 0) is 67.2 Å². The van der Waals surface area contributed by atoms with Gasteiger partial charge in [0.2, 0.25) is 0 Å². The van der Waals surface area contributed by atoms with Gasteiger partial charge in [0.25, 0.3) is 0 Å². The molecule has 1 saturated carbocycles. The minimum atomic E-state index is -0.188. The molecule has 0 aromatic heterocycles. The number of aryl methyl sites for hydroxylation is 1. The lowest BCUT2D eigenvalue weighted by Gasteiger charge is -2.48. The molecule has 2 fully saturated rings. The highest BCUT2D eigenvalue weighted by Crippen LogP contribution is 2.57. The number of phenolic OH excluding ortho intramolecular Hbond substituents is 1. The van der Waals surface area contributed by atoms with E-state index >= 15 is 0 Å². The van der Waals surface area contributed by atoms with Crippen molar-refractivity contribution in [3.8, 4) is 5.75 Å². The van der Waals surface area contributed by atoms with Crippen LogP contribution in [0.2, 0.25) is 0 Å². The molecule has 1 aliphatic heterocycles. The largest absolute Gasteiger partial charge is 0.508 e. The first-order valence-electron chi connectivity index (χ1n) is 8.16. The van der Waals surface area contributed by atoms with E-state index in [0.29, 0.717) is 29.9 Å². The second-order valence-corrected chi connectivity index (χ2v) is 6.93. The Kier molecular flexibility index (Phi) is 2.82. The number of aromatic hydroxyl groups is 1. The highest BCUT2D eigenvalue weighted by atomic mass is 16.6. The van der Waals surface area contributed by atoms with Crippen LogP contribution in [0.3, 0.4) is 0 Å². The number of fused-ring (bicyclic) bond motifs is 5. The highest BCUT2D eigenvalue weighted by molar-refractivity contribution is 5.73. The number of hydrogen-bond acceptors (Lipinski definition) is 3. The number of carbonyl (C=O) groups is 1. The van der Waals surface area contributed by atoms with Crippen molar-refractivity contribution in [2.24, 2.45) is 11.8 Å². The molecule has 0 amide bonds. The molecule has 1 heterocycles. The first kappa shape index (κ1) is 13.2. The number of benzene rings is 1. The maximum atomic E-state index is 11.9. The fraction of sp³-hybridized carbons (Fsp3) is 0.611. The second kappa shape index (κ2) is 4.49. The Morgan fingerprint density at radius 2 is 2.24 bits per heavy atom. The van der Waals surface area contributed by atoms with Gasteiger partial charge < -0.3 is 9.84 Å². The summed E-state index contributed by atoms with van der Waals surface area (Å²) in [5.74, 6) is 1.84. The molecule has 3 heteroatoms. The molecule has 2 aliphatic carbocycles. The van der Waals surface area contributed by atoms with Crippen LogP contribution in [-0.4, -0.2) is 16.7 Å². The number of phenols is 1. The van der Waals surface area contributed by atoms with E-state index in [1.807, 2.05) is 6.07 Å². The predicted octanol–water partition coefficient (Wildman–Crippen LogP) is 3.54. The molecular formula is C18H22O3. The summed E-state index contributed by atoms with van der Waals surface area (Å²) >= 11 is 0. The minimum Gasteiger partial charge on any atom is -0.508 e. The maximum Gasteiger partial charge on any atom is 0.306 e. The number of carbonyl (C=O) groups excluding carboxylic acids is 1. The predicted molar refractivity (Wildman–Crippen MR) is 79.1 cm³/mol. The fourth-order valence-electron chi connectivity index (χ4n) is 5.17. The Hall–Kier alpha value is -1.51. The molecule has 1 aromatic carbocycles. The van der Waals surface area contributed by atoms with Gasteiger partial charge in [-0.2, -0.15) is 0 Å². The van der Waals surface area contributed by atoms with E-state index in [0.717, 1.165) is 32.1 Å². The molecule has 0 radical (unpaired) electrons. The molecular weight excluding hydrogens is 264 g/mol. The van der Waals surface area contributed by atoms with E-state index < -0.39 is 0 Å². The van der Waals surface area contributed by atoms with Crippen molar-refractivity contribution in [1.82, 2.24) is 0 Å². The van der Waals surface area contributed by atoms with Crippen molar-refractivity contribution >= 4 is 5.97 Å². The Balaban J connectivity index is 1.72. The van der Waals surface area contributed by atoms with Crippen molar-refractivity contribution in [2.75, 3.05) is 0 Å². The van der Waals surface area contributed by atoms with Gasteiger partial charge in [0.05, 0.1) is 6.42 Å². The average molecular weight is 286 g/mol. The molecule has 1 N–H and O–H groups in total. The van der Waals surface area contributed by atoms with Gasteiger partial charge in [0.1, 0.15) is 11.4 Å². The van der Waals surface area contributed by atoms with Gasteiger partial charge in [-0.25, -0.2) is 0 Å². The Labute approximate surface area is 125 Å². The van der Waals surface area contributed by atoms with Gasteiger partial charge in [-0.3, -0.25) is 4.79 Å². The van der Waals surface area contributed by atoms with E-state index in [1.165, 1.54) is 11.1 Å². The normalized spacial score (nSPS) is 37.4. The topological polar surface area (TPSA) is 46.5 Å². The molecule has 0 spiro atoms. The molecule has 112 valence electrons. The lowest BCUT2D eigenvalue weighted by Crippen LogP contribution is -2.46. The lowest BCUT2D eigenvalue weighted by molar-refractivity contribution is -0.153. The highest BCUT2D eigenvalue weighted by Gasteiger charge is 2.56. The van der Waals surface area contributed by atoms with Crippen LogP contribution >= 0.6 is 0 Å². The van der Waals surface area contributed by atoms with Crippen LogP contribution in [0.1, 0.15) is 56.1 Å². The van der Waals surface area contributed by atoms with E-state index in [9.17, 15) is 9.90 Å². The fourth-order valence-corrected chi connectivity index (χ4v) is 5.17. The van der Waals surface area contributed by atoms with E-state index in [-0.39, 0.29) is 11.6 Å². The van der Waals surface area contributed by atoms with Gasteiger partial charge in [-0.15, -0.1) is 0 Å². The third-order valence-corrected chi connectivity index (χ3v) is 6.16. The summed E-state index contributed by atoms with van der Waals surface area (Å²) < 4.78 is 5.78. The summed E-state index contributed by atoms with van der Waals surface area (Å²) in [6, 6.07) is 5.82. The van der Waals surface area contributed by atoms with Crippen molar-refractivity contribution in [3.05, 3.63) is 29.3 Å². The van der Waals surface area contributed by atoms with Gasteiger partial charge in [0, 0.05) is 5.92 Å². The van der Waals surface area contributed by atoms with Crippen LogP contribution in [0.5, 0.6) is 5.75 Å². The van der Waals surface area contributed by atoms with Gasteiger partial charge in [0.15, 0.2) is 0 Å². The summed E-state index contributed by atoms with van der Waals surface area (Å²) in [5, 5.41) is 9.68. The van der Waals surface area contributed by atoms with Gasteiger partial charge >= 0.3 is 5.97 Å². The van der Waals surface area contributed by atoms with E-state index in [4.69, 9.17) is 4.74 Å². The molecule has 1 saturated heterocycles. The summed E-state index contributed by atoms with van der Waals surface area (Å²) in [4.78, 5) is 11.9. The number of hydrogen-bond donors (Lipinski definition) is 1. The molecule has 3 nitrogen and oxygen atoms in total. The Morgan fingerprint density at radius 1 is 1.38 bits per heavy atom. The first-order valence-corrected chi connectivity index (χ1v) is 8.16. The molecule has 0 bridgehead atoms.